The molecule has 3 rings (SSSR count). The summed E-state index contributed by atoms with van der Waals surface area (Å²) in [5, 5.41) is 0.180. The second-order valence-electron chi connectivity index (χ2n) is 5.15. The number of fused-ring (bicyclic) bond motifs is 3. The number of rotatable bonds is 1. The van der Waals surface area contributed by atoms with Crippen LogP contribution in [0, 0.1) is 5.92 Å². The van der Waals surface area contributed by atoms with Crippen molar-refractivity contribution >= 4 is 23.4 Å². The van der Waals surface area contributed by atoms with E-state index in [0.29, 0.717) is 26.3 Å². The summed E-state index contributed by atoms with van der Waals surface area (Å²) >= 11 is 5.70. The van der Waals surface area contributed by atoms with Crippen LogP contribution in [-0.4, -0.2) is 61.0 Å². The molecule has 2 atom stereocenters. The number of furan rings is 1. The van der Waals surface area contributed by atoms with Crippen molar-refractivity contribution in [3.05, 3.63) is 23.1 Å². The summed E-state index contributed by atoms with van der Waals surface area (Å²) in [6.07, 6.45) is 0. The molecule has 2 bridgehead atoms. The summed E-state index contributed by atoms with van der Waals surface area (Å²) in [5.74, 6) is -0.329. The Labute approximate surface area is 121 Å². The van der Waals surface area contributed by atoms with Crippen LogP contribution in [0.4, 0.5) is 0 Å². The predicted octanol–water partition coefficient (Wildman–Crippen LogP) is 0.862. The Morgan fingerprint density at radius 3 is 2.85 bits per heavy atom. The highest BCUT2D eigenvalue weighted by Crippen LogP contribution is 2.22. The van der Waals surface area contributed by atoms with Crippen LogP contribution in [0.2, 0.25) is 5.22 Å². The Morgan fingerprint density at radius 2 is 2.15 bits per heavy atom. The first kappa shape index (κ1) is 13.5. The third-order valence-corrected chi connectivity index (χ3v) is 4.02. The van der Waals surface area contributed by atoms with Gasteiger partial charge >= 0.3 is 0 Å². The van der Waals surface area contributed by atoms with Gasteiger partial charge in [0.1, 0.15) is 0 Å². The Kier molecular flexibility index (Phi) is 3.43. The number of nitrogens with zero attached hydrogens (tertiary/aromatic N) is 2. The number of ether oxygens (including phenoxy) is 1. The zero-order valence-electron chi connectivity index (χ0n) is 11.0. The lowest BCUT2D eigenvalue weighted by atomic mass is 10.1. The van der Waals surface area contributed by atoms with Gasteiger partial charge in [-0.05, 0) is 23.7 Å². The van der Waals surface area contributed by atoms with Crippen LogP contribution in [0.3, 0.4) is 0 Å². The summed E-state index contributed by atoms with van der Waals surface area (Å²) in [6, 6.07) is 2.96. The zero-order chi connectivity index (χ0) is 14.3. The third kappa shape index (κ3) is 2.29. The molecule has 0 aromatic carbocycles. The minimum Gasteiger partial charge on any atom is -0.440 e. The largest absolute Gasteiger partial charge is 0.440 e. The highest BCUT2D eigenvalue weighted by Gasteiger charge is 2.39. The fraction of sp³-hybridized carbons (Fsp3) is 0.538. The van der Waals surface area contributed by atoms with Crippen molar-refractivity contribution in [2.24, 2.45) is 5.92 Å². The van der Waals surface area contributed by atoms with Crippen LogP contribution in [-0.2, 0) is 9.53 Å². The molecule has 7 heteroatoms. The summed E-state index contributed by atoms with van der Waals surface area (Å²) in [5.41, 5.74) is 0. The van der Waals surface area contributed by atoms with E-state index in [1.807, 2.05) is 0 Å². The molecular formula is C13H15ClN2O4. The van der Waals surface area contributed by atoms with Gasteiger partial charge in [0, 0.05) is 20.1 Å². The van der Waals surface area contributed by atoms with Gasteiger partial charge in [-0.1, -0.05) is 0 Å². The van der Waals surface area contributed by atoms with Crippen LogP contribution < -0.4 is 0 Å². The monoisotopic (exact) mass is 298 g/mol. The first-order valence-electron chi connectivity index (χ1n) is 6.45. The fourth-order valence-corrected chi connectivity index (χ4v) is 2.80. The molecule has 1 aromatic rings. The molecule has 0 N–H and O–H groups in total. The minimum absolute atomic E-state index is 0.0280. The molecule has 2 amide bonds. The molecule has 2 saturated heterocycles. The molecule has 0 saturated carbocycles. The summed E-state index contributed by atoms with van der Waals surface area (Å²) in [6.45, 7) is 1.58. The van der Waals surface area contributed by atoms with Crippen LogP contribution in [0.25, 0.3) is 0 Å². The van der Waals surface area contributed by atoms with Gasteiger partial charge in [-0.15, -0.1) is 0 Å². The molecule has 20 heavy (non-hydrogen) atoms. The lowest BCUT2D eigenvalue weighted by Crippen LogP contribution is -2.45. The lowest BCUT2D eigenvalue weighted by molar-refractivity contribution is -0.133. The van der Waals surface area contributed by atoms with Gasteiger partial charge in [0.15, 0.2) is 11.0 Å². The Balaban J connectivity index is 1.85. The van der Waals surface area contributed by atoms with Crippen LogP contribution in [0.15, 0.2) is 16.5 Å². The van der Waals surface area contributed by atoms with E-state index in [0.717, 1.165) is 0 Å². The number of hydrogen-bond acceptors (Lipinski definition) is 4. The highest BCUT2D eigenvalue weighted by atomic mass is 35.5. The molecule has 6 nitrogen and oxygen atoms in total. The van der Waals surface area contributed by atoms with Crippen molar-refractivity contribution in [2.45, 2.75) is 6.04 Å². The smallest absolute Gasteiger partial charge is 0.289 e. The fourth-order valence-electron chi connectivity index (χ4n) is 2.65. The molecule has 0 radical (unpaired) electrons. The molecule has 0 unspecified atom stereocenters. The number of carbonyl (C=O) groups is 2. The maximum absolute atomic E-state index is 12.4. The Morgan fingerprint density at radius 1 is 1.35 bits per heavy atom. The normalized spacial score (nSPS) is 26.6. The Hall–Kier alpha value is -1.53. The topological polar surface area (TPSA) is 63.0 Å². The molecule has 1 aromatic heterocycles. The van der Waals surface area contributed by atoms with E-state index in [1.165, 1.54) is 6.07 Å². The summed E-state index contributed by atoms with van der Waals surface area (Å²) in [4.78, 5) is 27.9. The van der Waals surface area contributed by atoms with Crippen molar-refractivity contribution < 1.29 is 18.7 Å². The predicted molar refractivity (Wildman–Crippen MR) is 70.5 cm³/mol. The summed E-state index contributed by atoms with van der Waals surface area (Å²) < 4.78 is 10.7. The van der Waals surface area contributed by atoms with E-state index in [9.17, 15) is 9.59 Å². The Bertz CT molecular complexity index is 544. The van der Waals surface area contributed by atoms with Crippen LogP contribution >= 0.6 is 11.6 Å². The molecular weight excluding hydrogens is 284 g/mol. The van der Waals surface area contributed by atoms with Gasteiger partial charge < -0.3 is 19.0 Å². The molecule has 0 spiro atoms. The van der Waals surface area contributed by atoms with Gasteiger partial charge in [0.25, 0.3) is 5.91 Å². The number of hydrogen-bond donors (Lipinski definition) is 0. The zero-order valence-corrected chi connectivity index (χ0v) is 11.8. The first-order chi connectivity index (χ1) is 9.56. The maximum atomic E-state index is 12.4. The molecule has 2 aliphatic heterocycles. The van der Waals surface area contributed by atoms with Crippen molar-refractivity contribution in [1.29, 1.82) is 0 Å². The van der Waals surface area contributed by atoms with Gasteiger partial charge in [-0.25, -0.2) is 0 Å². The standard InChI is InChI=1S/C13H15ClN2O4/c1-15-9-5-16(4-8(12(15)17)6-19-7-9)13(18)10-2-3-11(14)20-10/h2-3,8-9H,4-7H2,1H3/t8-,9+/m1/s1. The molecule has 0 aliphatic carbocycles. The van der Waals surface area contributed by atoms with Crippen LogP contribution in [0.1, 0.15) is 10.6 Å². The molecule has 3 heterocycles. The number of amides is 2. The average molecular weight is 299 g/mol. The maximum Gasteiger partial charge on any atom is 0.289 e. The molecule has 2 fully saturated rings. The van der Waals surface area contributed by atoms with Crippen molar-refractivity contribution in [3.63, 3.8) is 0 Å². The van der Waals surface area contributed by atoms with E-state index in [2.05, 4.69) is 0 Å². The van der Waals surface area contributed by atoms with E-state index < -0.39 is 0 Å². The van der Waals surface area contributed by atoms with Gasteiger partial charge in [0.2, 0.25) is 5.91 Å². The SMILES string of the molecule is CN1C(=O)[C@H]2COC[C@@H]1CN(C(=O)c1ccc(Cl)o1)C2. The average Bonchev–Trinajstić information content (AvgIpc) is 2.74. The van der Waals surface area contributed by atoms with E-state index in [-0.39, 0.29) is 34.8 Å². The third-order valence-electron chi connectivity index (χ3n) is 3.82. The van der Waals surface area contributed by atoms with Crippen molar-refractivity contribution in [1.82, 2.24) is 9.80 Å². The van der Waals surface area contributed by atoms with Crippen molar-refractivity contribution in [2.75, 3.05) is 33.4 Å². The molecule has 2 aliphatic rings. The minimum atomic E-state index is -0.318. The highest BCUT2D eigenvalue weighted by molar-refractivity contribution is 6.29. The van der Waals surface area contributed by atoms with Gasteiger partial charge in [0.05, 0.1) is 25.2 Å². The van der Waals surface area contributed by atoms with E-state index in [1.54, 1.807) is 22.9 Å². The van der Waals surface area contributed by atoms with E-state index >= 15 is 0 Å². The van der Waals surface area contributed by atoms with Gasteiger partial charge in [-0.2, -0.15) is 0 Å². The van der Waals surface area contributed by atoms with Crippen molar-refractivity contribution in [3.8, 4) is 0 Å². The number of carbonyl (C=O) groups excluding carboxylic acids is 2. The van der Waals surface area contributed by atoms with E-state index in [4.69, 9.17) is 20.8 Å². The number of halogens is 1. The first-order valence-corrected chi connectivity index (χ1v) is 6.83. The second-order valence-corrected chi connectivity index (χ2v) is 5.52. The second kappa shape index (κ2) is 5.10. The lowest BCUT2D eigenvalue weighted by Gasteiger charge is -2.28. The van der Waals surface area contributed by atoms with Gasteiger partial charge in [-0.3, -0.25) is 9.59 Å². The number of likely N-dealkylation sites (N-methyl/N-ethyl adjacent to an activating group) is 1. The quantitative estimate of drug-likeness (QED) is 0.771. The molecule has 108 valence electrons. The van der Waals surface area contributed by atoms with Crippen LogP contribution in [0.5, 0.6) is 0 Å². The summed E-state index contributed by atoms with van der Waals surface area (Å²) in [7, 11) is 1.76.